The number of sulfonamides is 1. The van der Waals surface area contributed by atoms with Gasteiger partial charge in [-0.15, -0.1) is 5.10 Å². The van der Waals surface area contributed by atoms with Gasteiger partial charge in [0.25, 0.3) is 5.91 Å². The molecule has 10 nitrogen and oxygen atoms in total. The number of nitrogens with two attached hydrogens (primary N) is 1. The molecule has 35 heavy (non-hydrogen) atoms. The van der Waals surface area contributed by atoms with Crippen molar-refractivity contribution < 1.29 is 13.2 Å². The molecule has 2 aromatic heterocycles. The third-order valence-corrected chi connectivity index (χ3v) is 6.83. The molecule has 4 rings (SSSR count). The lowest BCUT2D eigenvalue weighted by atomic mass is 10.2. The molecule has 0 bridgehead atoms. The maximum absolute atomic E-state index is 13.1. The molecule has 2 aromatic carbocycles. The van der Waals surface area contributed by atoms with E-state index in [0.717, 1.165) is 11.4 Å². The first-order chi connectivity index (χ1) is 16.6. The fourth-order valence-electron chi connectivity index (χ4n) is 3.21. The Hall–Kier alpha value is -3.32. The molecule has 0 fully saturated rings. The molecule has 0 unspecified atom stereocenters. The van der Waals surface area contributed by atoms with Gasteiger partial charge in [0, 0.05) is 27.9 Å². The largest absolute Gasteiger partial charge is 0.321 e. The maximum Gasteiger partial charge on any atom is 0.278 e. The minimum Gasteiger partial charge on any atom is -0.321 e. The number of nitrogens with one attached hydrogen (secondary N) is 1. The predicted octanol–water partition coefficient (Wildman–Crippen LogP) is 3.52. The first-order valence-electron chi connectivity index (χ1n) is 10.2. The van der Waals surface area contributed by atoms with Gasteiger partial charge >= 0.3 is 0 Å². The molecule has 0 aliphatic carbocycles. The summed E-state index contributed by atoms with van der Waals surface area (Å²) >= 11 is 7.37. The van der Waals surface area contributed by atoms with Crippen molar-refractivity contribution in [2.45, 2.75) is 29.7 Å². The number of aromatic nitrogens is 5. The first-order valence-corrected chi connectivity index (χ1v) is 13.1. The minimum atomic E-state index is -3.84. The van der Waals surface area contributed by atoms with Gasteiger partial charge in [0.15, 0.2) is 10.9 Å². The maximum atomic E-state index is 13.1. The Morgan fingerprint density at radius 3 is 2.29 bits per heavy atom. The lowest BCUT2D eigenvalue weighted by Crippen LogP contribution is -2.16. The van der Waals surface area contributed by atoms with Crippen LogP contribution >= 0.6 is 23.4 Å². The van der Waals surface area contributed by atoms with Gasteiger partial charge in [-0.1, -0.05) is 28.6 Å². The number of primary sulfonamides is 1. The second-order valence-electron chi connectivity index (χ2n) is 7.52. The van der Waals surface area contributed by atoms with Crippen LogP contribution in [0.2, 0.25) is 5.02 Å². The number of hydrogen-bond acceptors (Lipinski definition) is 8. The summed E-state index contributed by atoms with van der Waals surface area (Å²) in [4.78, 5) is 21.9. The zero-order valence-corrected chi connectivity index (χ0v) is 21.0. The van der Waals surface area contributed by atoms with Crippen LogP contribution in [0.5, 0.6) is 0 Å². The van der Waals surface area contributed by atoms with Crippen LogP contribution in [0.15, 0.2) is 64.6 Å². The van der Waals surface area contributed by atoms with Gasteiger partial charge in [0.05, 0.1) is 16.3 Å². The van der Waals surface area contributed by atoms with E-state index in [1.807, 2.05) is 19.9 Å². The molecule has 0 saturated carbocycles. The number of rotatable bonds is 7. The van der Waals surface area contributed by atoms with Gasteiger partial charge in [-0.05, 0) is 68.4 Å². The van der Waals surface area contributed by atoms with Crippen LogP contribution in [0, 0.1) is 13.8 Å². The van der Waals surface area contributed by atoms with Crippen molar-refractivity contribution in [2.24, 2.45) is 5.14 Å². The van der Waals surface area contributed by atoms with E-state index in [1.165, 1.54) is 36.0 Å². The monoisotopic (exact) mass is 529 g/mol. The molecule has 4 aromatic rings. The van der Waals surface area contributed by atoms with Crippen molar-refractivity contribution in [3.8, 4) is 5.69 Å². The second-order valence-corrected chi connectivity index (χ2v) is 10.5. The average molecular weight is 530 g/mol. The number of anilines is 1. The van der Waals surface area contributed by atoms with E-state index in [0.29, 0.717) is 33.0 Å². The topological polar surface area (TPSA) is 146 Å². The summed E-state index contributed by atoms with van der Waals surface area (Å²) in [5, 5.41) is 17.3. The molecule has 0 aliphatic rings. The number of benzene rings is 2. The Morgan fingerprint density at radius 1 is 1.06 bits per heavy atom. The fourth-order valence-corrected chi connectivity index (χ4v) is 4.79. The third-order valence-electron chi connectivity index (χ3n) is 4.79. The molecule has 180 valence electrons. The number of carbonyl (C=O) groups is 1. The van der Waals surface area contributed by atoms with Crippen LogP contribution in [0.4, 0.5) is 5.69 Å². The number of carbonyl (C=O) groups excluding carboxylic acids is 1. The molecule has 2 heterocycles. The van der Waals surface area contributed by atoms with Crippen molar-refractivity contribution in [1.29, 1.82) is 0 Å². The highest BCUT2D eigenvalue weighted by molar-refractivity contribution is 7.98. The van der Waals surface area contributed by atoms with E-state index in [-0.39, 0.29) is 10.6 Å². The highest BCUT2D eigenvalue weighted by Gasteiger charge is 2.22. The van der Waals surface area contributed by atoms with Crippen molar-refractivity contribution >= 4 is 45.0 Å². The Morgan fingerprint density at radius 2 is 1.69 bits per heavy atom. The summed E-state index contributed by atoms with van der Waals surface area (Å²) in [6.45, 7) is 3.77. The van der Waals surface area contributed by atoms with Crippen LogP contribution in [-0.4, -0.2) is 39.3 Å². The highest BCUT2D eigenvalue weighted by Crippen LogP contribution is 2.25. The molecule has 0 spiro atoms. The molecule has 0 aliphatic heterocycles. The number of aryl methyl sites for hydroxylation is 2. The Bertz CT molecular complexity index is 1470. The van der Waals surface area contributed by atoms with E-state index in [1.54, 1.807) is 28.9 Å². The summed E-state index contributed by atoms with van der Waals surface area (Å²) in [5.41, 5.74) is 3.36. The number of hydrogen-bond donors (Lipinski definition) is 2. The van der Waals surface area contributed by atoms with Crippen molar-refractivity contribution in [3.05, 3.63) is 82.4 Å². The summed E-state index contributed by atoms with van der Waals surface area (Å²) in [6.07, 6.45) is 0. The fraction of sp³-hybridized carbons (Fsp3) is 0.136. The lowest BCUT2D eigenvalue weighted by Gasteiger charge is -2.09. The van der Waals surface area contributed by atoms with Gasteiger partial charge < -0.3 is 5.32 Å². The molecular weight excluding hydrogens is 510 g/mol. The first kappa shape index (κ1) is 24.8. The Balaban J connectivity index is 1.65. The molecule has 0 saturated heterocycles. The third kappa shape index (κ3) is 6.03. The molecule has 1 amide bonds. The second kappa shape index (κ2) is 10.1. The van der Waals surface area contributed by atoms with Gasteiger partial charge in [0.2, 0.25) is 10.0 Å². The van der Waals surface area contributed by atoms with Gasteiger partial charge in [0.1, 0.15) is 0 Å². The van der Waals surface area contributed by atoms with Gasteiger partial charge in [-0.2, -0.15) is 0 Å². The number of amides is 1. The smallest absolute Gasteiger partial charge is 0.278 e. The Labute approximate surface area is 211 Å². The van der Waals surface area contributed by atoms with E-state index in [4.69, 9.17) is 16.7 Å². The highest BCUT2D eigenvalue weighted by atomic mass is 35.5. The van der Waals surface area contributed by atoms with Crippen molar-refractivity contribution in [1.82, 2.24) is 25.0 Å². The Kier molecular flexibility index (Phi) is 7.17. The molecule has 13 heteroatoms. The lowest BCUT2D eigenvalue weighted by molar-refractivity contribution is 0.102. The van der Waals surface area contributed by atoms with Crippen molar-refractivity contribution in [2.75, 3.05) is 5.32 Å². The van der Waals surface area contributed by atoms with Crippen LogP contribution in [-0.2, 0) is 15.8 Å². The van der Waals surface area contributed by atoms with E-state index in [9.17, 15) is 13.2 Å². The summed E-state index contributed by atoms with van der Waals surface area (Å²) in [5.74, 6) is -0.198. The van der Waals surface area contributed by atoms with E-state index in [2.05, 4.69) is 25.6 Å². The van der Waals surface area contributed by atoms with E-state index < -0.39 is 15.9 Å². The molecule has 0 radical (unpaired) electrons. The average Bonchev–Trinajstić information content (AvgIpc) is 3.21. The summed E-state index contributed by atoms with van der Waals surface area (Å²) in [7, 11) is -3.84. The minimum absolute atomic E-state index is 0.0604. The standard InChI is InChI=1S/C22H20ClN7O3S2/c1-13-11-14(2)26-22(25-13)34-12-19-20(28-29-30(19)17-7-3-15(23)4-8-17)21(31)27-16-5-9-18(10-6-16)35(24,32)33/h3-11H,12H2,1-2H3,(H,27,31)(H2,24,32,33). The molecule has 0 atom stereocenters. The van der Waals surface area contributed by atoms with Crippen molar-refractivity contribution in [3.63, 3.8) is 0 Å². The molecular formula is C22H20ClN7O3S2. The van der Waals surface area contributed by atoms with Crippen LogP contribution in [0.1, 0.15) is 27.6 Å². The van der Waals surface area contributed by atoms with Crippen LogP contribution in [0.3, 0.4) is 0 Å². The zero-order chi connectivity index (χ0) is 25.2. The number of halogens is 1. The SMILES string of the molecule is Cc1cc(C)nc(SCc2c(C(=O)Nc3ccc(S(N)(=O)=O)cc3)nnn2-c2ccc(Cl)cc2)n1. The zero-order valence-electron chi connectivity index (χ0n) is 18.6. The summed E-state index contributed by atoms with van der Waals surface area (Å²) in [6, 6.07) is 14.4. The predicted molar refractivity (Wildman–Crippen MR) is 133 cm³/mol. The molecule has 3 N–H and O–H groups in total. The van der Waals surface area contributed by atoms with E-state index >= 15 is 0 Å². The normalized spacial score (nSPS) is 11.4. The van der Waals surface area contributed by atoms with Gasteiger partial charge in [-0.25, -0.2) is 28.2 Å². The van der Waals surface area contributed by atoms with Crippen LogP contribution < -0.4 is 10.5 Å². The summed E-state index contributed by atoms with van der Waals surface area (Å²) < 4.78 is 24.5. The number of thioether (sulfide) groups is 1. The van der Waals surface area contributed by atoms with Crippen LogP contribution in [0.25, 0.3) is 5.69 Å². The van der Waals surface area contributed by atoms with Gasteiger partial charge in [-0.3, -0.25) is 4.79 Å². The number of nitrogens with zero attached hydrogens (tertiary/aromatic N) is 5. The quantitative estimate of drug-likeness (QED) is 0.273.